The first kappa shape index (κ1) is 26.8. The number of alkyl halides is 3. The molecule has 38 heavy (non-hydrogen) atoms. The zero-order chi connectivity index (χ0) is 27.7. The maximum atomic E-state index is 13.6. The first-order chi connectivity index (χ1) is 17.8. The summed E-state index contributed by atoms with van der Waals surface area (Å²) in [4.78, 5) is 38.9. The van der Waals surface area contributed by atoms with E-state index in [2.05, 4.69) is 20.3 Å². The van der Waals surface area contributed by atoms with Gasteiger partial charge in [-0.05, 0) is 58.0 Å². The largest absolute Gasteiger partial charge is 0.444 e. The maximum absolute atomic E-state index is 13.6. The van der Waals surface area contributed by atoms with Gasteiger partial charge in [-0.25, -0.2) is 14.8 Å². The van der Waals surface area contributed by atoms with Crippen LogP contribution in [0.15, 0.2) is 66.0 Å². The molecule has 0 aliphatic heterocycles. The van der Waals surface area contributed by atoms with E-state index in [0.29, 0.717) is 28.0 Å². The zero-order valence-corrected chi connectivity index (χ0v) is 21.2. The lowest BCUT2D eigenvalue weighted by atomic mass is 10.0. The van der Waals surface area contributed by atoms with Crippen molar-refractivity contribution in [2.45, 2.75) is 45.5 Å². The zero-order valence-electron chi connectivity index (χ0n) is 21.2. The number of alkyl carbamates (subject to hydrolysis) is 1. The van der Waals surface area contributed by atoms with Crippen LogP contribution in [0.4, 0.5) is 18.0 Å². The van der Waals surface area contributed by atoms with Gasteiger partial charge in [0.05, 0.1) is 34.7 Å². The van der Waals surface area contributed by atoms with Gasteiger partial charge in [0.2, 0.25) is 0 Å². The Morgan fingerprint density at radius 1 is 1.11 bits per heavy atom. The third-order valence-electron chi connectivity index (χ3n) is 5.63. The molecule has 0 bridgehead atoms. The Morgan fingerprint density at radius 2 is 1.82 bits per heavy atom. The van der Waals surface area contributed by atoms with E-state index in [9.17, 15) is 22.8 Å². The van der Waals surface area contributed by atoms with Gasteiger partial charge in [0.25, 0.3) is 5.56 Å². The molecule has 0 aliphatic rings. The van der Waals surface area contributed by atoms with Crippen LogP contribution in [-0.4, -0.2) is 37.8 Å². The van der Waals surface area contributed by atoms with Crippen molar-refractivity contribution in [3.8, 4) is 22.5 Å². The van der Waals surface area contributed by atoms with Crippen molar-refractivity contribution < 1.29 is 22.7 Å². The fraction of sp³-hybridized carbons (Fsp3) is 0.296. The summed E-state index contributed by atoms with van der Waals surface area (Å²) in [5.41, 5.74) is 0.144. The highest BCUT2D eigenvalue weighted by Gasteiger charge is 2.30. The first-order valence-corrected chi connectivity index (χ1v) is 11.8. The molecule has 198 valence electrons. The lowest BCUT2D eigenvalue weighted by Crippen LogP contribution is -2.37. The standard InChI is InChI=1S/C27H26F3N5O3/c1-16(13-32-25(37)38-26(2,3)4)35-15-33-23-20(24(35)36)12-21(34-22(23)18-6-5-11-31-14-18)17-7-9-19(10-8-17)27(28,29)30/h5-12,14-16H,13H2,1-4H3,(H,32,37). The van der Waals surface area contributed by atoms with Gasteiger partial charge in [0, 0.05) is 30.1 Å². The third kappa shape index (κ3) is 5.99. The number of pyridine rings is 2. The molecule has 0 fully saturated rings. The second-order valence-corrected chi connectivity index (χ2v) is 9.76. The lowest BCUT2D eigenvalue weighted by molar-refractivity contribution is -0.137. The fourth-order valence-electron chi connectivity index (χ4n) is 3.78. The van der Waals surface area contributed by atoms with E-state index in [1.807, 2.05) is 0 Å². The molecule has 1 atom stereocenters. The van der Waals surface area contributed by atoms with E-state index in [-0.39, 0.29) is 11.9 Å². The topological polar surface area (TPSA) is 99.0 Å². The number of fused-ring (bicyclic) bond motifs is 1. The molecule has 0 saturated heterocycles. The number of nitrogens with one attached hydrogen (secondary N) is 1. The number of halogens is 3. The van der Waals surface area contributed by atoms with Gasteiger partial charge in [0.15, 0.2) is 0 Å². The predicted molar refractivity (Wildman–Crippen MR) is 136 cm³/mol. The summed E-state index contributed by atoms with van der Waals surface area (Å²) in [6, 6.07) is 9.06. The molecule has 1 amide bonds. The Balaban J connectivity index is 1.78. The number of hydrogen-bond donors (Lipinski definition) is 1. The molecule has 0 radical (unpaired) electrons. The number of aromatic nitrogens is 4. The molecule has 3 heterocycles. The lowest BCUT2D eigenvalue weighted by Gasteiger charge is -2.21. The summed E-state index contributed by atoms with van der Waals surface area (Å²) in [6.45, 7) is 7.09. The number of rotatable bonds is 5. The van der Waals surface area contributed by atoms with E-state index in [1.54, 1.807) is 52.2 Å². The summed E-state index contributed by atoms with van der Waals surface area (Å²) < 4.78 is 45.8. The molecule has 3 aromatic heterocycles. The van der Waals surface area contributed by atoms with Crippen LogP contribution in [0, 0.1) is 0 Å². The van der Waals surface area contributed by atoms with Crippen molar-refractivity contribution in [2.24, 2.45) is 0 Å². The molecule has 0 saturated carbocycles. The average molecular weight is 526 g/mol. The maximum Gasteiger partial charge on any atom is 0.416 e. The van der Waals surface area contributed by atoms with Crippen molar-refractivity contribution in [2.75, 3.05) is 6.54 Å². The Kier molecular flexibility index (Phi) is 7.21. The fourth-order valence-corrected chi connectivity index (χ4v) is 3.78. The minimum Gasteiger partial charge on any atom is -0.444 e. The third-order valence-corrected chi connectivity index (χ3v) is 5.63. The van der Waals surface area contributed by atoms with Crippen LogP contribution in [0.25, 0.3) is 33.4 Å². The summed E-state index contributed by atoms with van der Waals surface area (Å²) in [6.07, 6.45) is -0.550. The Morgan fingerprint density at radius 3 is 2.42 bits per heavy atom. The normalized spacial score (nSPS) is 12.8. The molecular weight excluding hydrogens is 499 g/mol. The number of amides is 1. The number of carbonyl (C=O) groups is 1. The molecule has 8 nitrogen and oxygen atoms in total. The summed E-state index contributed by atoms with van der Waals surface area (Å²) >= 11 is 0. The highest BCUT2D eigenvalue weighted by Crippen LogP contribution is 2.32. The number of carbonyl (C=O) groups excluding carboxylic acids is 1. The molecule has 4 aromatic rings. The van der Waals surface area contributed by atoms with Crippen LogP contribution in [-0.2, 0) is 10.9 Å². The summed E-state index contributed by atoms with van der Waals surface area (Å²) in [5.74, 6) is 0. The van der Waals surface area contributed by atoms with Gasteiger partial charge >= 0.3 is 12.3 Å². The second kappa shape index (κ2) is 10.2. The van der Waals surface area contributed by atoms with Crippen LogP contribution >= 0.6 is 0 Å². The Hall–Kier alpha value is -4.28. The van der Waals surface area contributed by atoms with Gasteiger partial charge in [-0.15, -0.1) is 0 Å². The minimum atomic E-state index is -4.47. The smallest absolute Gasteiger partial charge is 0.416 e. The predicted octanol–water partition coefficient (Wildman–Crippen LogP) is 5.63. The highest BCUT2D eigenvalue weighted by molar-refractivity contribution is 5.93. The van der Waals surface area contributed by atoms with Crippen molar-refractivity contribution in [1.29, 1.82) is 0 Å². The average Bonchev–Trinajstić information content (AvgIpc) is 2.86. The van der Waals surface area contributed by atoms with E-state index in [0.717, 1.165) is 12.1 Å². The van der Waals surface area contributed by atoms with Crippen LogP contribution in [0.1, 0.15) is 39.3 Å². The highest BCUT2D eigenvalue weighted by atomic mass is 19.4. The van der Waals surface area contributed by atoms with Gasteiger partial charge in [-0.3, -0.25) is 14.3 Å². The van der Waals surface area contributed by atoms with Crippen LogP contribution in [0.2, 0.25) is 0 Å². The van der Waals surface area contributed by atoms with Crippen LogP contribution < -0.4 is 10.9 Å². The van der Waals surface area contributed by atoms with Crippen LogP contribution in [0.3, 0.4) is 0 Å². The summed E-state index contributed by atoms with van der Waals surface area (Å²) in [7, 11) is 0. The molecule has 4 rings (SSSR count). The molecule has 1 unspecified atom stereocenters. The second-order valence-electron chi connectivity index (χ2n) is 9.76. The minimum absolute atomic E-state index is 0.105. The number of nitrogens with zero attached hydrogens (tertiary/aromatic N) is 4. The molecule has 11 heteroatoms. The molecular formula is C27H26F3N5O3. The van der Waals surface area contributed by atoms with Crippen molar-refractivity contribution >= 4 is 17.0 Å². The van der Waals surface area contributed by atoms with E-state index in [1.165, 1.54) is 29.1 Å². The van der Waals surface area contributed by atoms with E-state index < -0.39 is 35.0 Å². The van der Waals surface area contributed by atoms with E-state index >= 15 is 0 Å². The van der Waals surface area contributed by atoms with Gasteiger partial charge < -0.3 is 10.1 Å². The molecule has 1 aromatic carbocycles. The Bertz CT molecular complexity index is 1510. The van der Waals surface area contributed by atoms with Crippen molar-refractivity contribution in [3.63, 3.8) is 0 Å². The Labute approximate surface area is 216 Å². The van der Waals surface area contributed by atoms with Gasteiger partial charge in [-0.1, -0.05) is 12.1 Å². The molecule has 0 aliphatic carbocycles. The van der Waals surface area contributed by atoms with Crippen molar-refractivity contribution in [3.05, 3.63) is 77.1 Å². The monoisotopic (exact) mass is 525 g/mol. The van der Waals surface area contributed by atoms with Crippen LogP contribution in [0.5, 0.6) is 0 Å². The quantitative estimate of drug-likeness (QED) is 0.363. The SMILES string of the molecule is CC(CNC(=O)OC(C)(C)C)n1cnc2c(-c3cccnc3)nc(-c3ccc(C(F)(F)F)cc3)cc2c1=O. The van der Waals surface area contributed by atoms with E-state index in [4.69, 9.17) is 4.74 Å². The first-order valence-electron chi connectivity index (χ1n) is 11.8. The number of ether oxygens (including phenoxy) is 1. The number of benzene rings is 1. The van der Waals surface area contributed by atoms with Gasteiger partial charge in [-0.2, -0.15) is 13.2 Å². The molecule has 1 N–H and O–H groups in total. The molecule has 0 spiro atoms. The summed E-state index contributed by atoms with van der Waals surface area (Å²) in [5, 5.41) is 2.87. The van der Waals surface area contributed by atoms with Crippen molar-refractivity contribution in [1.82, 2.24) is 24.8 Å². The number of hydrogen-bond acceptors (Lipinski definition) is 6. The van der Waals surface area contributed by atoms with Gasteiger partial charge in [0.1, 0.15) is 11.1 Å².